The Hall–Kier alpha value is -1.53. The van der Waals surface area contributed by atoms with Crippen molar-refractivity contribution in [3.63, 3.8) is 0 Å². The second-order valence-corrected chi connectivity index (χ2v) is 4.10. The van der Waals surface area contributed by atoms with Crippen LogP contribution in [-0.2, 0) is 6.61 Å². The SMILES string of the molecule is OCc1cncc(Oc2ccc(Br)cc2F)n1. The predicted octanol–water partition coefficient (Wildman–Crippen LogP) is 2.66. The van der Waals surface area contributed by atoms with Crippen molar-refractivity contribution in [2.45, 2.75) is 6.61 Å². The van der Waals surface area contributed by atoms with E-state index in [0.29, 0.717) is 10.2 Å². The standard InChI is InChI=1S/C11H8BrFN2O2/c12-7-1-2-10(9(13)3-7)17-11-5-14-4-8(6-16)15-11/h1-5,16H,6H2. The first-order chi connectivity index (χ1) is 8.19. The van der Waals surface area contributed by atoms with Gasteiger partial charge < -0.3 is 9.84 Å². The van der Waals surface area contributed by atoms with Crippen LogP contribution in [0.2, 0.25) is 0 Å². The Kier molecular flexibility index (Phi) is 3.65. The third kappa shape index (κ3) is 2.98. The minimum Gasteiger partial charge on any atom is -0.434 e. The van der Waals surface area contributed by atoms with E-state index in [1.165, 1.54) is 24.5 Å². The Morgan fingerprint density at radius 3 is 2.88 bits per heavy atom. The second kappa shape index (κ2) is 5.20. The minimum absolute atomic E-state index is 0.0533. The predicted molar refractivity (Wildman–Crippen MR) is 62.1 cm³/mol. The van der Waals surface area contributed by atoms with Gasteiger partial charge in [0.1, 0.15) is 0 Å². The monoisotopic (exact) mass is 298 g/mol. The second-order valence-electron chi connectivity index (χ2n) is 3.18. The molecule has 0 aliphatic rings. The van der Waals surface area contributed by atoms with Crippen molar-refractivity contribution in [2.24, 2.45) is 0 Å². The molecule has 0 saturated carbocycles. The van der Waals surface area contributed by atoms with Crippen LogP contribution in [-0.4, -0.2) is 15.1 Å². The number of aliphatic hydroxyl groups excluding tert-OH is 1. The molecule has 0 aliphatic heterocycles. The van der Waals surface area contributed by atoms with Crippen LogP contribution in [0.25, 0.3) is 0 Å². The van der Waals surface area contributed by atoms with E-state index in [0.717, 1.165) is 0 Å². The van der Waals surface area contributed by atoms with Crippen LogP contribution in [0.15, 0.2) is 35.1 Å². The summed E-state index contributed by atoms with van der Waals surface area (Å²) in [7, 11) is 0. The number of hydrogen-bond donors (Lipinski definition) is 1. The molecule has 17 heavy (non-hydrogen) atoms. The van der Waals surface area contributed by atoms with Gasteiger partial charge in [0.2, 0.25) is 5.88 Å². The zero-order valence-corrected chi connectivity index (χ0v) is 10.2. The lowest BCUT2D eigenvalue weighted by molar-refractivity contribution is 0.274. The van der Waals surface area contributed by atoms with Gasteiger partial charge in [-0.15, -0.1) is 0 Å². The Balaban J connectivity index is 2.25. The van der Waals surface area contributed by atoms with E-state index in [4.69, 9.17) is 9.84 Å². The summed E-state index contributed by atoms with van der Waals surface area (Å²) in [4.78, 5) is 7.76. The number of nitrogens with zero attached hydrogens (tertiary/aromatic N) is 2. The van der Waals surface area contributed by atoms with E-state index in [1.54, 1.807) is 6.07 Å². The van der Waals surface area contributed by atoms with Gasteiger partial charge in [-0.1, -0.05) is 15.9 Å². The molecular weight excluding hydrogens is 291 g/mol. The maximum absolute atomic E-state index is 13.5. The highest BCUT2D eigenvalue weighted by atomic mass is 79.9. The lowest BCUT2D eigenvalue weighted by Gasteiger charge is -2.06. The fourth-order valence-electron chi connectivity index (χ4n) is 1.18. The topological polar surface area (TPSA) is 55.2 Å². The van der Waals surface area contributed by atoms with E-state index in [-0.39, 0.29) is 18.2 Å². The van der Waals surface area contributed by atoms with Crippen molar-refractivity contribution in [1.82, 2.24) is 9.97 Å². The van der Waals surface area contributed by atoms with Gasteiger partial charge >= 0.3 is 0 Å². The van der Waals surface area contributed by atoms with Gasteiger partial charge in [0, 0.05) is 4.47 Å². The number of benzene rings is 1. The normalized spacial score (nSPS) is 10.3. The molecule has 0 atom stereocenters. The molecule has 0 unspecified atom stereocenters. The smallest absolute Gasteiger partial charge is 0.238 e. The quantitative estimate of drug-likeness (QED) is 0.946. The molecule has 0 fully saturated rings. The number of aliphatic hydroxyl groups is 1. The highest BCUT2D eigenvalue weighted by Gasteiger charge is 2.07. The van der Waals surface area contributed by atoms with Crippen LogP contribution >= 0.6 is 15.9 Å². The summed E-state index contributed by atoms with van der Waals surface area (Å²) in [5.74, 6) is -0.314. The number of rotatable bonds is 3. The highest BCUT2D eigenvalue weighted by molar-refractivity contribution is 9.10. The van der Waals surface area contributed by atoms with Crippen molar-refractivity contribution in [3.8, 4) is 11.6 Å². The maximum Gasteiger partial charge on any atom is 0.238 e. The third-order valence-electron chi connectivity index (χ3n) is 1.93. The molecule has 1 aromatic heterocycles. The van der Waals surface area contributed by atoms with Crippen LogP contribution in [0.3, 0.4) is 0 Å². The fourth-order valence-corrected chi connectivity index (χ4v) is 1.52. The number of aromatic nitrogens is 2. The average Bonchev–Trinajstić information content (AvgIpc) is 2.33. The van der Waals surface area contributed by atoms with Crippen LogP contribution < -0.4 is 4.74 Å². The molecule has 2 rings (SSSR count). The number of halogens is 2. The van der Waals surface area contributed by atoms with Gasteiger partial charge in [-0.2, -0.15) is 0 Å². The van der Waals surface area contributed by atoms with Gasteiger partial charge in [0.05, 0.1) is 24.7 Å². The van der Waals surface area contributed by atoms with Gasteiger partial charge in [0.25, 0.3) is 0 Å². The number of hydrogen-bond acceptors (Lipinski definition) is 4. The summed E-state index contributed by atoms with van der Waals surface area (Å²) >= 11 is 3.15. The molecule has 88 valence electrons. The van der Waals surface area contributed by atoms with E-state index in [9.17, 15) is 4.39 Å². The molecular formula is C11H8BrFN2O2. The molecule has 0 radical (unpaired) electrons. The minimum atomic E-state index is -0.504. The first kappa shape index (κ1) is 11.9. The lowest BCUT2D eigenvalue weighted by Crippen LogP contribution is -1.96. The zero-order valence-electron chi connectivity index (χ0n) is 8.60. The van der Waals surface area contributed by atoms with E-state index >= 15 is 0 Å². The highest BCUT2D eigenvalue weighted by Crippen LogP contribution is 2.25. The molecule has 2 aromatic rings. The molecule has 6 heteroatoms. The molecule has 4 nitrogen and oxygen atoms in total. The van der Waals surface area contributed by atoms with Gasteiger partial charge in [-0.05, 0) is 18.2 Å². The largest absolute Gasteiger partial charge is 0.434 e. The lowest BCUT2D eigenvalue weighted by atomic mass is 10.3. The summed E-state index contributed by atoms with van der Waals surface area (Å²) in [5, 5.41) is 8.88. The first-order valence-electron chi connectivity index (χ1n) is 4.73. The molecule has 0 amide bonds. The van der Waals surface area contributed by atoms with E-state index in [2.05, 4.69) is 25.9 Å². The summed E-state index contributed by atoms with van der Waals surface area (Å²) in [6.07, 6.45) is 2.76. The molecule has 1 aromatic carbocycles. The maximum atomic E-state index is 13.5. The number of ether oxygens (including phenoxy) is 1. The Morgan fingerprint density at radius 1 is 1.35 bits per heavy atom. The van der Waals surface area contributed by atoms with Crippen molar-refractivity contribution in [3.05, 3.63) is 46.6 Å². The first-order valence-corrected chi connectivity index (χ1v) is 5.53. The molecule has 0 spiro atoms. The van der Waals surface area contributed by atoms with E-state index < -0.39 is 5.82 Å². The van der Waals surface area contributed by atoms with Crippen molar-refractivity contribution in [2.75, 3.05) is 0 Å². The Labute approximate surface area is 105 Å². The third-order valence-corrected chi connectivity index (χ3v) is 2.43. The Morgan fingerprint density at radius 2 is 2.18 bits per heavy atom. The molecule has 0 aliphatic carbocycles. The molecule has 1 heterocycles. The Bertz CT molecular complexity index is 537. The van der Waals surface area contributed by atoms with Crippen LogP contribution in [0.1, 0.15) is 5.69 Å². The van der Waals surface area contributed by atoms with Crippen molar-refractivity contribution >= 4 is 15.9 Å². The van der Waals surface area contributed by atoms with Gasteiger partial charge in [0.15, 0.2) is 11.6 Å². The van der Waals surface area contributed by atoms with Crippen molar-refractivity contribution < 1.29 is 14.2 Å². The summed E-state index contributed by atoms with van der Waals surface area (Å²) in [5.41, 5.74) is 0.361. The summed E-state index contributed by atoms with van der Waals surface area (Å²) < 4.78 is 19.3. The van der Waals surface area contributed by atoms with Crippen LogP contribution in [0, 0.1) is 5.82 Å². The summed E-state index contributed by atoms with van der Waals surface area (Å²) in [6, 6.07) is 4.42. The summed E-state index contributed by atoms with van der Waals surface area (Å²) in [6.45, 7) is -0.243. The van der Waals surface area contributed by atoms with Crippen LogP contribution in [0.4, 0.5) is 4.39 Å². The van der Waals surface area contributed by atoms with Crippen molar-refractivity contribution in [1.29, 1.82) is 0 Å². The van der Waals surface area contributed by atoms with E-state index in [1.807, 2.05) is 0 Å². The van der Waals surface area contributed by atoms with Gasteiger partial charge in [-0.3, -0.25) is 4.98 Å². The average molecular weight is 299 g/mol. The van der Waals surface area contributed by atoms with Gasteiger partial charge in [-0.25, -0.2) is 9.37 Å². The van der Waals surface area contributed by atoms with Crippen LogP contribution in [0.5, 0.6) is 11.6 Å². The molecule has 1 N–H and O–H groups in total. The zero-order chi connectivity index (χ0) is 12.3. The fraction of sp³-hybridized carbons (Fsp3) is 0.0909. The molecule has 0 bridgehead atoms. The molecule has 0 saturated heterocycles.